The average molecular weight is 652 g/mol. The molecule has 1 aromatic rings. The van der Waals surface area contributed by atoms with E-state index in [1.165, 1.54) is 38.5 Å². The molecule has 4 bridgehead atoms. The van der Waals surface area contributed by atoms with Gasteiger partial charge in [-0.2, -0.15) is 0 Å². The van der Waals surface area contributed by atoms with Gasteiger partial charge in [0.1, 0.15) is 6.04 Å². The second-order valence-corrected chi connectivity index (χ2v) is 14.8. The molecule has 0 unspecified atom stereocenters. The Morgan fingerprint density at radius 2 is 1.45 bits per heavy atom. The number of nitrogens with two attached hydrogens (primary N) is 4. The second kappa shape index (κ2) is 17.1. The smallest absolute Gasteiger partial charge is 0.239 e. The Bertz CT molecular complexity index is 1210. The van der Waals surface area contributed by atoms with Gasteiger partial charge in [-0.3, -0.25) is 24.2 Å². The van der Waals surface area contributed by atoms with Gasteiger partial charge in [-0.25, -0.2) is 0 Å². The minimum Gasteiger partial charge on any atom is -0.370 e. The van der Waals surface area contributed by atoms with Crippen molar-refractivity contribution < 1.29 is 19.2 Å². The maximum atomic E-state index is 14.0. The number of benzene rings is 1. The van der Waals surface area contributed by atoms with Crippen LogP contribution in [0.15, 0.2) is 35.3 Å². The van der Waals surface area contributed by atoms with Crippen molar-refractivity contribution in [3.05, 3.63) is 35.9 Å². The van der Waals surface area contributed by atoms with Crippen molar-refractivity contribution in [2.24, 2.45) is 62.9 Å². The zero-order chi connectivity index (χ0) is 34.0. The fourth-order valence-electron chi connectivity index (χ4n) is 9.02. The van der Waals surface area contributed by atoms with Crippen LogP contribution in [0.1, 0.15) is 96.0 Å². The van der Waals surface area contributed by atoms with Gasteiger partial charge < -0.3 is 33.6 Å². The number of carbonyl (C=O) groups excluding carboxylic acids is 4. The highest BCUT2D eigenvalue weighted by atomic mass is 16.2. The van der Waals surface area contributed by atoms with E-state index < -0.39 is 29.8 Å². The predicted octanol–water partition coefficient (Wildman–Crippen LogP) is 2.68. The number of unbranched alkanes of at least 4 members (excludes halogenated alkanes) is 1. The molecule has 5 rings (SSSR count). The van der Waals surface area contributed by atoms with Crippen LogP contribution in [0.5, 0.6) is 0 Å². The van der Waals surface area contributed by atoms with Crippen LogP contribution in [0, 0.1) is 35.0 Å². The standard InChI is InChI=1S/C36H57N7O4/c1-23(19-36-20-25-14-26(21-36)16-27(15-25)22-36)33(46)42-29(11-7-13-41-35(39)40)31(44)18-28(17-24-8-3-2-4-9-24)34(47)43-30(32(38)45)10-5-6-12-37/h2-4,8-9,23,25-30H,5-7,10-22,37H2,1H3,(H2,38,45)(H,42,46)(H,43,47)(H4,39,40,41)/t23-,25?,26?,27?,28+,29+,30-,36?/m0/s1. The Labute approximate surface area is 279 Å². The zero-order valence-corrected chi connectivity index (χ0v) is 28.1. The average Bonchev–Trinajstić information content (AvgIpc) is 3.01. The van der Waals surface area contributed by atoms with Crippen LogP contribution in [0.2, 0.25) is 0 Å². The van der Waals surface area contributed by atoms with Crippen LogP contribution in [0.4, 0.5) is 0 Å². The number of hydrogen-bond donors (Lipinski definition) is 6. The van der Waals surface area contributed by atoms with Crippen LogP contribution in [-0.4, -0.2) is 54.6 Å². The Morgan fingerprint density at radius 3 is 2.02 bits per heavy atom. The third kappa shape index (κ3) is 10.8. The molecule has 0 aromatic heterocycles. The van der Waals surface area contributed by atoms with Gasteiger partial charge in [0.2, 0.25) is 17.7 Å². The fraction of sp³-hybridized carbons (Fsp3) is 0.694. The van der Waals surface area contributed by atoms with Gasteiger partial charge in [-0.1, -0.05) is 37.3 Å². The summed E-state index contributed by atoms with van der Waals surface area (Å²) in [5.74, 6) is -0.0423. The van der Waals surface area contributed by atoms with E-state index in [1.54, 1.807) is 0 Å². The molecule has 4 atom stereocenters. The lowest BCUT2D eigenvalue weighted by Crippen LogP contribution is -2.50. The van der Waals surface area contributed by atoms with Gasteiger partial charge in [0.25, 0.3) is 0 Å². The van der Waals surface area contributed by atoms with Gasteiger partial charge >= 0.3 is 0 Å². The summed E-state index contributed by atoms with van der Waals surface area (Å²) in [6.45, 7) is 2.78. The number of rotatable bonds is 20. The molecule has 0 radical (unpaired) electrons. The Balaban J connectivity index is 1.46. The number of nitrogens with one attached hydrogen (secondary N) is 2. The van der Waals surface area contributed by atoms with Crippen LogP contribution in [-0.2, 0) is 25.6 Å². The van der Waals surface area contributed by atoms with E-state index in [9.17, 15) is 19.2 Å². The van der Waals surface area contributed by atoms with E-state index in [2.05, 4.69) is 15.6 Å². The predicted molar refractivity (Wildman–Crippen MR) is 184 cm³/mol. The molecule has 4 saturated carbocycles. The van der Waals surface area contributed by atoms with Gasteiger partial charge in [0.05, 0.1) is 6.04 Å². The number of hydrogen-bond acceptors (Lipinski definition) is 6. The number of aliphatic imine (C=N–C) groups is 1. The summed E-state index contributed by atoms with van der Waals surface area (Å²) in [7, 11) is 0. The Kier molecular flexibility index (Phi) is 13.2. The van der Waals surface area contributed by atoms with E-state index in [-0.39, 0.29) is 35.4 Å². The first kappa shape index (κ1) is 36.4. The van der Waals surface area contributed by atoms with Crippen molar-refractivity contribution in [1.29, 1.82) is 0 Å². The van der Waals surface area contributed by atoms with E-state index in [0.29, 0.717) is 51.6 Å². The number of guanidine groups is 1. The molecule has 3 amide bonds. The van der Waals surface area contributed by atoms with E-state index >= 15 is 0 Å². The number of nitrogens with zero attached hydrogens (tertiary/aromatic N) is 1. The summed E-state index contributed by atoms with van der Waals surface area (Å²) in [4.78, 5) is 57.6. The van der Waals surface area contributed by atoms with Crippen molar-refractivity contribution in [3.8, 4) is 0 Å². The highest BCUT2D eigenvalue weighted by Gasteiger charge is 2.51. The molecular weight excluding hydrogens is 594 g/mol. The maximum absolute atomic E-state index is 14.0. The van der Waals surface area contributed by atoms with E-state index in [0.717, 1.165) is 29.7 Å². The molecule has 0 spiro atoms. The highest BCUT2D eigenvalue weighted by molar-refractivity contribution is 5.94. The quantitative estimate of drug-likeness (QED) is 0.0705. The molecule has 11 nitrogen and oxygen atoms in total. The van der Waals surface area contributed by atoms with Gasteiger partial charge in [-0.15, -0.1) is 0 Å². The third-order valence-corrected chi connectivity index (χ3v) is 10.8. The molecule has 0 aliphatic heterocycles. The molecular formula is C36H57N7O4. The van der Waals surface area contributed by atoms with E-state index in [1.807, 2.05) is 37.3 Å². The summed E-state index contributed by atoms with van der Waals surface area (Å²) in [6, 6.07) is 7.79. The second-order valence-electron chi connectivity index (χ2n) is 14.8. The van der Waals surface area contributed by atoms with Crippen molar-refractivity contribution in [2.45, 2.75) is 109 Å². The highest BCUT2D eigenvalue weighted by Crippen LogP contribution is 2.62. The largest absolute Gasteiger partial charge is 0.370 e. The number of amides is 3. The summed E-state index contributed by atoms with van der Waals surface area (Å²) in [6.07, 6.45) is 11.2. The van der Waals surface area contributed by atoms with Crippen LogP contribution >= 0.6 is 0 Å². The first-order valence-corrected chi connectivity index (χ1v) is 17.7. The van der Waals surface area contributed by atoms with Crippen molar-refractivity contribution >= 4 is 29.5 Å². The summed E-state index contributed by atoms with van der Waals surface area (Å²) < 4.78 is 0. The number of ketones is 1. The molecule has 4 fully saturated rings. The topological polar surface area (TPSA) is 209 Å². The Morgan fingerprint density at radius 1 is 0.851 bits per heavy atom. The maximum Gasteiger partial charge on any atom is 0.239 e. The van der Waals surface area contributed by atoms with Gasteiger partial charge in [-0.05, 0) is 119 Å². The lowest BCUT2D eigenvalue weighted by molar-refractivity contribution is -0.135. The van der Waals surface area contributed by atoms with Crippen molar-refractivity contribution in [2.75, 3.05) is 13.1 Å². The summed E-state index contributed by atoms with van der Waals surface area (Å²) in [5, 5.41) is 5.87. The molecule has 10 N–H and O–H groups in total. The minimum atomic E-state index is -0.858. The molecule has 4 aliphatic carbocycles. The molecule has 0 heterocycles. The zero-order valence-electron chi connectivity index (χ0n) is 28.1. The van der Waals surface area contributed by atoms with E-state index in [4.69, 9.17) is 22.9 Å². The Hall–Kier alpha value is -3.47. The van der Waals surface area contributed by atoms with Crippen LogP contribution < -0.4 is 33.6 Å². The molecule has 11 heteroatoms. The first-order chi connectivity index (χ1) is 22.5. The number of carbonyl (C=O) groups is 4. The minimum absolute atomic E-state index is 0.0313. The number of Topliss-reactive ketones (excluding diaryl/α,β-unsaturated/α-hetero) is 1. The van der Waals surface area contributed by atoms with Crippen molar-refractivity contribution in [1.82, 2.24) is 10.6 Å². The molecule has 47 heavy (non-hydrogen) atoms. The normalized spacial score (nSPS) is 25.3. The molecule has 260 valence electrons. The molecule has 0 saturated heterocycles. The first-order valence-electron chi connectivity index (χ1n) is 17.7. The lowest BCUT2D eigenvalue weighted by atomic mass is 9.48. The van der Waals surface area contributed by atoms with Gasteiger partial charge in [0, 0.05) is 24.8 Å². The SMILES string of the molecule is C[C@@H](CC12CC3CC(CC(C3)C1)C2)C(=O)N[C@H](CCCN=C(N)N)C(=O)C[C@@H](Cc1ccccc1)C(=O)N[C@@H](CCCCN)C(N)=O. The van der Waals surface area contributed by atoms with Crippen LogP contribution in [0.3, 0.4) is 0 Å². The molecule has 1 aromatic carbocycles. The lowest BCUT2D eigenvalue weighted by Gasteiger charge is -2.57. The third-order valence-electron chi connectivity index (χ3n) is 10.8. The van der Waals surface area contributed by atoms with Crippen LogP contribution in [0.25, 0.3) is 0 Å². The molecule has 4 aliphatic rings. The number of primary amides is 1. The summed E-state index contributed by atoms with van der Waals surface area (Å²) in [5.41, 5.74) is 23.4. The summed E-state index contributed by atoms with van der Waals surface area (Å²) >= 11 is 0. The van der Waals surface area contributed by atoms with Crippen molar-refractivity contribution in [3.63, 3.8) is 0 Å². The monoisotopic (exact) mass is 651 g/mol. The van der Waals surface area contributed by atoms with Gasteiger partial charge in [0.15, 0.2) is 11.7 Å². The fourth-order valence-corrected chi connectivity index (χ4v) is 9.02.